The Hall–Kier alpha value is -0.640. The van der Waals surface area contributed by atoms with Crippen molar-refractivity contribution in [3.05, 3.63) is 29.0 Å². The van der Waals surface area contributed by atoms with Crippen LogP contribution in [0.4, 0.5) is 0 Å². The third kappa shape index (κ3) is 3.62. The zero-order valence-electron chi connectivity index (χ0n) is 8.11. The van der Waals surface area contributed by atoms with Crippen LogP contribution in [-0.2, 0) is 11.2 Å². The number of hydrogen-bond acceptors (Lipinski definition) is 3. The lowest BCUT2D eigenvalue weighted by atomic mass is 10.1. The van der Waals surface area contributed by atoms with Crippen molar-refractivity contribution in [1.29, 1.82) is 0 Å². The van der Waals surface area contributed by atoms with E-state index < -0.39 is 6.10 Å². The maximum atomic E-state index is 9.55. The topological polar surface area (TPSA) is 42.4 Å². The van der Waals surface area contributed by atoms with Crippen LogP contribution < -0.4 is 0 Å². The van der Waals surface area contributed by atoms with E-state index in [1.807, 2.05) is 6.92 Å². The molecular formula is C10H14ClNO2. The van der Waals surface area contributed by atoms with Crippen LogP contribution in [0.3, 0.4) is 0 Å². The minimum atomic E-state index is -0.505. The molecule has 3 nitrogen and oxygen atoms in total. The molecule has 0 aliphatic carbocycles. The number of aliphatic hydroxyl groups excluding tert-OH is 1. The van der Waals surface area contributed by atoms with E-state index >= 15 is 0 Å². The van der Waals surface area contributed by atoms with Gasteiger partial charge in [0.2, 0.25) is 0 Å². The van der Waals surface area contributed by atoms with E-state index in [1.54, 1.807) is 18.5 Å². The van der Waals surface area contributed by atoms with Crippen LogP contribution in [0.25, 0.3) is 0 Å². The molecule has 0 radical (unpaired) electrons. The lowest BCUT2D eigenvalue weighted by Gasteiger charge is -2.10. The van der Waals surface area contributed by atoms with Crippen molar-refractivity contribution in [2.75, 3.05) is 13.2 Å². The molecule has 1 rings (SSSR count). The van der Waals surface area contributed by atoms with Crippen molar-refractivity contribution in [3.8, 4) is 0 Å². The molecule has 0 aliphatic rings. The van der Waals surface area contributed by atoms with Gasteiger partial charge in [0, 0.05) is 25.4 Å². The average Bonchev–Trinajstić information content (AvgIpc) is 2.18. The number of aliphatic hydroxyl groups is 1. The molecule has 0 spiro atoms. The second kappa shape index (κ2) is 5.96. The highest BCUT2D eigenvalue weighted by atomic mass is 35.5. The first kappa shape index (κ1) is 11.4. The first-order valence-corrected chi connectivity index (χ1v) is 4.96. The first-order valence-electron chi connectivity index (χ1n) is 4.58. The predicted octanol–water partition coefficient (Wildman–Crippen LogP) is 1.67. The molecule has 1 heterocycles. The number of rotatable bonds is 5. The van der Waals surface area contributed by atoms with Gasteiger partial charge in [-0.15, -0.1) is 0 Å². The van der Waals surface area contributed by atoms with Gasteiger partial charge in [-0.2, -0.15) is 0 Å². The van der Waals surface area contributed by atoms with Gasteiger partial charge in [-0.1, -0.05) is 11.6 Å². The highest BCUT2D eigenvalue weighted by Gasteiger charge is 2.07. The van der Waals surface area contributed by atoms with Gasteiger partial charge in [-0.05, 0) is 18.6 Å². The molecule has 0 saturated heterocycles. The molecule has 1 unspecified atom stereocenters. The molecule has 4 heteroatoms. The predicted molar refractivity (Wildman–Crippen MR) is 55.5 cm³/mol. The van der Waals surface area contributed by atoms with Gasteiger partial charge in [0.15, 0.2) is 0 Å². The quantitative estimate of drug-likeness (QED) is 0.813. The van der Waals surface area contributed by atoms with Crippen molar-refractivity contribution < 1.29 is 9.84 Å². The van der Waals surface area contributed by atoms with Gasteiger partial charge in [0.1, 0.15) is 0 Å². The second-order valence-electron chi connectivity index (χ2n) is 2.98. The smallest absolute Gasteiger partial charge is 0.0814 e. The fraction of sp³-hybridized carbons (Fsp3) is 0.500. The fourth-order valence-electron chi connectivity index (χ4n) is 1.14. The summed E-state index contributed by atoms with van der Waals surface area (Å²) in [5.41, 5.74) is 0.897. The highest BCUT2D eigenvalue weighted by molar-refractivity contribution is 6.31. The van der Waals surface area contributed by atoms with Gasteiger partial charge in [0.05, 0.1) is 17.7 Å². The van der Waals surface area contributed by atoms with Crippen LogP contribution in [0.5, 0.6) is 0 Å². The Morgan fingerprint density at radius 3 is 3.07 bits per heavy atom. The molecule has 1 aromatic heterocycles. The maximum Gasteiger partial charge on any atom is 0.0814 e. The molecule has 0 amide bonds. The molecule has 0 bridgehead atoms. The van der Waals surface area contributed by atoms with E-state index in [0.29, 0.717) is 24.7 Å². The number of hydrogen-bond donors (Lipinski definition) is 1. The minimum Gasteiger partial charge on any atom is -0.390 e. The zero-order valence-corrected chi connectivity index (χ0v) is 8.87. The lowest BCUT2D eigenvalue weighted by Crippen LogP contribution is -2.18. The summed E-state index contributed by atoms with van der Waals surface area (Å²) in [6.07, 6.45) is 3.23. The number of ether oxygens (including phenoxy) is 1. The van der Waals surface area contributed by atoms with Crippen LogP contribution >= 0.6 is 11.6 Å². The standard InChI is InChI=1S/C10H14ClNO2/c1-2-14-7-9(13)5-8-3-4-12-6-10(8)11/h3-4,6,9,13H,2,5,7H2,1H3. The Morgan fingerprint density at radius 2 is 2.43 bits per heavy atom. The molecule has 78 valence electrons. The van der Waals surface area contributed by atoms with Crippen molar-refractivity contribution >= 4 is 11.6 Å². The summed E-state index contributed by atoms with van der Waals surface area (Å²) >= 11 is 5.89. The maximum absolute atomic E-state index is 9.55. The Labute approximate surface area is 88.7 Å². The number of halogens is 1. The van der Waals surface area contributed by atoms with Gasteiger partial charge in [-0.3, -0.25) is 4.98 Å². The van der Waals surface area contributed by atoms with Crippen LogP contribution in [-0.4, -0.2) is 29.4 Å². The summed E-state index contributed by atoms with van der Waals surface area (Å²) in [5.74, 6) is 0. The second-order valence-corrected chi connectivity index (χ2v) is 3.39. The van der Waals surface area contributed by atoms with E-state index in [1.165, 1.54) is 0 Å². The number of nitrogens with zero attached hydrogens (tertiary/aromatic N) is 1. The molecule has 1 aromatic rings. The molecular weight excluding hydrogens is 202 g/mol. The Kier molecular flexibility index (Phi) is 4.87. The molecule has 1 N–H and O–H groups in total. The van der Waals surface area contributed by atoms with E-state index in [0.717, 1.165) is 5.56 Å². The Morgan fingerprint density at radius 1 is 1.64 bits per heavy atom. The number of pyridine rings is 1. The molecule has 0 saturated carbocycles. The molecule has 0 aromatic carbocycles. The van der Waals surface area contributed by atoms with E-state index in [-0.39, 0.29) is 0 Å². The van der Waals surface area contributed by atoms with Gasteiger partial charge >= 0.3 is 0 Å². The zero-order chi connectivity index (χ0) is 10.4. The number of aromatic nitrogens is 1. The monoisotopic (exact) mass is 215 g/mol. The highest BCUT2D eigenvalue weighted by Crippen LogP contribution is 2.15. The Balaban J connectivity index is 2.47. The van der Waals surface area contributed by atoms with Crippen LogP contribution in [0.15, 0.2) is 18.5 Å². The fourth-order valence-corrected chi connectivity index (χ4v) is 1.33. The summed E-state index contributed by atoms with van der Waals surface area (Å²) < 4.78 is 5.10. The largest absolute Gasteiger partial charge is 0.390 e. The van der Waals surface area contributed by atoms with Crippen molar-refractivity contribution in [3.63, 3.8) is 0 Å². The SMILES string of the molecule is CCOCC(O)Cc1ccncc1Cl. The van der Waals surface area contributed by atoms with Gasteiger partial charge in [-0.25, -0.2) is 0 Å². The summed E-state index contributed by atoms with van der Waals surface area (Å²) in [5, 5.41) is 10.1. The van der Waals surface area contributed by atoms with E-state index in [9.17, 15) is 5.11 Å². The molecule has 0 aliphatic heterocycles. The van der Waals surface area contributed by atoms with Crippen LogP contribution in [0, 0.1) is 0 Å². The summed E-state index contributed by atoms with van der Waals surface area (Å²) in [7, 11) is 0. The van der Waals surface area contributed by atoms with Crippen molar-refractivity contribution in [2.24, 2.45) is 0 Å². The molecule has 14 heavy (non-hydrogen) atoms. The minimum absolute atomic E-state index is 0.342. The first-order chi connectivity index (χ1) is 6.74. The molecule has 1 atom stereocenters. The van der Waals surface area contributed by atoms with Crippen molar-refractivity contribution in [1.82, 2.24) is 4.98 Å². The van der Waals surface area contributed by atoms with Crippen LogP contribution in [0.2, 0.25) is 5.02 Å². The third-order valence-electron chi connectivity index (χ3n) is 1.83. The van der Waals surface area contributed by atoms with E-state index in [4.69, 9.17) is 16.3 Å². The van der Waals surface area contributed by atoms with Gasteiger partial charge < -0.3 is 9.84 Å². The Bertz CT molecular complexity index is 281. The normalized spacial score (nSPS) is 12.8. The lowest BCUT2D eigenvalue weighted by molar-refractivity contribution is 0.0430. The summed E-state index contributed by atoms with van der Waals surface area (Å²) in [6.45, 7) is 2.85. The van der Waals surface area contributed by atoms with Crippen LogP contribution in [0.1, 0.15) is 12.5 Å². The van der Waals surface area contributed by atoms with Gasteiger partial charge in [0.25, 0.3) is 0 Å². The third-order valence-corrected chi connectivity index (χ3v) is 2.17. The van der Waals surface area contributed by atoms with E-state index in [2.05, 4.69) is 4.98 Å². The molecule has 0 fully saturated rings. The average molecular weight is 216 g/mol. The van der Waals surface area contributed by atoms with Crippen molar-refractivity contribution in [2.45, 2.75) is 19.4 Å². The summed E-state index contributed by atoms with van der Waals surface area (Å²) in [4.78, 5) is 3.87. The summed E-state index contributed by atoms with van der Waals surface area (Å²) in [6, 6.07) is 1.80.